The third kappa shape index (κ3) is 2.28. The van der Waals surface area contributed by atoms with E-state index in [9.17, 15) is 14.7 Å². The molecule has 16 heavy (non-hydrogen) atoms. The molecule has 86 valence electrons. The maximum atomic E-state index is 11.5. The molecular weight excluding hydrogens is 208 g/mol. The molecule has 0 aromatic heterocycles. The van der Waals surface area contributed by atoms with Crippen molar-refractivity contribution < 1.29 is 19.8 Å². The molecule has 0 aliphatic heterocycles. The molecule has 0 spiro atoms. The summed E-state index contributed by atoms with van der Waals surface area (Å²) in [5, 5.41) is 18.2. The SMILES string of the molecule is CCC(=O)c1cccc(C(O)C(=O)O)c1C. The van der Waals surface area contributed by atoms with E-state index in [1.165, 1.54) is 6.07 Å². The van der Waals surface area contributed by atoms with Crippen molar-refractivity contribution in [3.05, 3.63) is 34.9 Å². The normalized spacial score (nSPS) is 12.2. The molecule has 1 atom stereocenters. The number of carboxylic acid groups (broad SMARTS) is 1. The van der Waals surface area contributed by atoms with Crippen molar-refractivity contribution >= 4 is 11.8 Å². The second kappa shape index (κ2) is 4.90. The zero-order valence-electron chi connectivity index (χ0n) is 9.23. The second-order valence-corrected chi connectivity index (χ2v) is 3.54. The van der Waals surface area contributed by atoms with Gasteiger partial charge in [0, 0.05) is 12.0 Å². The molecule has 0 heterocycles. The van der Waals surface area contributed by atoms with Crippen molar-refractivity contribution in [1.82, 2.24) is 0 Å². The van der Waals surface area contributed by atoms with Crippen LogP contribution in [0.15, 0.2) is 18.2 Å². The van der Waals surface area contributed by atoms with E-state index in [1.54, 1.807) is 26.0 Å². The van der Waals surface area contributed by atoms with Gasteiger partial charge in [-0.25, -0.2) is 4.79 Å². The Hall–Kier alpha value is -1.68. The summed E-state index contributed by atoms with van der Waals surface area (Å²) in [6.45, 7) is 3.38. The van der Waals surface area contributed by atoms with Crippen molar-refractivity contribution in [1.29, 1.82) is 0 Å². The minimum atomic E-state index is -1.58. The van der Waals surface area contributed by atoms with Gasteiger partial charge < -0.3 is 10.2 Å². The number of carboxylic acids is 1. The molecule has 0 aliphatic rings. The van der Waals surface area contributed by atoms with Gasteiger partial charge in [0.05, 0.1) is 0 Å². The third-order valence-corrected chi connectivity index (χ3v) is 2.53. The zero-order valence-corrected chi connectivity index (χ0v) is 9.23. The molecule has 1 aromatic carbocycles. The van der Waals surface area contributed by atoms with Gasteiger partial charge in [-0.3, -0.25) is 4.79 Å². The van der Waals surface area contributed by atoms with Crippen LogP contribution in [0.5, 0.6) is 0 Å². The van der Waals surface area contributed by atoms with Gasteiger partial charge >= 0.3 is 5.97 Å². The van der Waals surface area contributed by atoms with Gasteiger partial charge in [-0.15, -0.1) is 0 Å². The summed E-state index contributed by atoms with van der Waals surface area (Å²) in [4.78, 5) is 22.2. The topological polar surface area (TPSA) is 74.6 Å². The first kappa shape index (κ1) is 12.4. The fourth-order valence-corrected chi connectivity index (χ4v) is 1.58. The highest BCUT2D eigenvalue weighted by atomic mass is 16.4. The molecule has 4 nitrogen and oxygen atoms in total. The van der Waals surface area contributed by atoms with E-state index < -0.39 is 12.1 Å². The van der Waals surface area contributed by atoms with Crippen LogP contribution in [0.2, 0.25) is 0 Å². The van der Waals surface area contributed by atoms with Crippen LogP contribution in [0, 0.1) is 6.92 Å². The van der Waals surface area contributed by atoms with Crippen LogP contribution in [0.4, 0.5) is 0 Å². The molecule has 0 saturated carbocycles. The quantitative estimate of drug-likeness (QED) is 0.760. The lowest BCUT2D eigenvalue weighted by atomic mass is 9.95. The summed E-state index contributed by atoms with van der Waals surface area (Å²) in [7, 11) is 0. The lowest BCUT2D eigenvalue weighted by molar-refractivity contribution is -0.147. The molecule has 0 amide bonds. The van der Waals surface area contributed by atoms with Crippen molar-refractivity contribution in [3.8, 4) is 0 Å². The number of carbonyl (C=O) groups is 2. The van der Waals surface area contributed by atoms with Gasteiger partial charge in [-0.2, -0.15) is 0 Å². The standard InChI is InChI=1S/C12H14O4/c1-3-10(13)8-5-4-6-9(7(8)2)11(14)12(15)16/h4-6,11,14H,3H2,1-2H3,(H,15,16). The molecule has 0 saturated heterocycles. The lowest BCUT2D eigenvalue weighted by Crippen LogP contribution is -2.13. The predicted octanol–water partition coefficient (Wildman–Crippen LogP) is 1.71. The van der Waals surface area contributed by atoms with Crippen LogP contribution in [-0.2, 0) is 4.79 Å². The average Bonchev–Trinajstić information content (AvgIpc) is 2.27. The van der Waals surface area contributed by atoms with Crippen LogP contribution in [0.1, 0.15) is 40.9 Å². The van der Waals surface area contributed by atoms with Crippen LogP contribution >= 0.6 is 0 Å². The van der Waals surface area contributed by atoms with Crippen molar-refractivity contribution in [2.75, 3.05) is 0 Å². The molecule has 0 radical (unpaired) electrons. The number of carbonyl (C=O) groups excluding carboxylic acids is 1. The van der Waals surface area contributed by atoms with Crippen LogP contribution < -0.4 is 0 Å². The van der Waals surface area contributed by atoms with Gasteiger partial charge in [0.1, 0.15) is 0 Å². The van der Waals surface area contributed by atoms with Crippen LogP contribution in [0.25, 0.3) is 0 Å². The molecule has 1 unspecified atom stereocenters. The Kier molecular flexibility index (Phi) is 3.79. The second-order valence-electron chi connectivity index (χ2n) is 3.54. The fourth-order valence-electron chi connectivity index (χ4n) is 1.58. The molecule has 0 fully saturated rings. The number of rotatable bonds is 4. The molecule has 0 aliphatic carbocycles. The predicted molar refractivity (Wildman–Crippen MR) is 58.4 cm³/mol. The highest BCUT2D eigenvalue weighted by molar-refractivity contribution is 5.97. The molecule has 0 bridgehead atoms. The highest BCUT2D eigenvalue weighted by Gasteiger charge is 2.20. The lowest BCUT2D eigenvalue weighted by Gasteiger charge is -2.12. The van der Waals surface area contributed by atoms with E-state index >= 15 is 0 Å². The highest BCUT2D eigenvalue weighted by Crippen LogP contribution is 2.22. The number of Topliss-reactive ketones (excluding diaryl/α,β-unsaturated/α-hetero) is 1. The first-order valence-corrected chi connectivity index (χ1v) is 5.02. The fraction of sp³-hybridized carbons (Fsp3) is 0.333. The van der Waals surface area contributed by atoms with Crippen molar-refractivity contribution in [2.24, 2.45) is 0 Å². The minimum Gasteiger partial charge on any atom is -0.479 e. The number of aliphatic hydroxyl groups is 1. The number of aliphatic carboxylic acids is 1. The monoisotopic (exact) mass is 222 g/mol. The molecule has 4 heteroatoms. The zero-order chi connectivity index (χ0) is 12.3. The number of hydrogen-bond acceptors (Lipinski definition) is 3. The van der Waals surface area contributed by atoms with E-state index in [1.807, 2.05) is 0 Å². The maximum absolute atomic E-state index is 11.5. The van der Waals surface area contributed by atoms with Gasteiger partial charge in [0.15, 0.2) is 11.9 Å². The van der Waals surface area contributed by atoms with E-state index in [2.05, 4.69) is 0 Å². The summed E-state index contributed by atoms with van der Waals surface area (Å²) < 4.78 is 0. The molecule has 1 rings (SSSR count). The Morgan fingerprint density at radius 2 is 2.00 bits per heavy atom. The average molecular weight is 222 g/mol. The van der Waals surface area contributed by atoms with Crippen molar-refractivity contribution in [2.45, 2.75) is 26.4 Å². The smallest absolute Gasteiger partial charge is 0.337 e. The summed E-state index contributed by atoms with van der Waals surface area (Å²) in [6, 6.07) is 4.73. The summed E-state index contributed by atoms with van der Waals surface area (Å²) in [5.41, 5.74) is 1.27. The Labute approximate surface area is 93.5 Å². The first-order chi connectivity index (χ1) is 7.49. The van der Waals surface area contributed by atoms with Crippen LogP contribution in [-0.4, -0.2) is 22.0 Å². The Balaban J connectivity index is 3.23. The van der Waals surface area contributed by atoms with E-state index in [0.717, 1.165) is 0 Å². The first-order valence-electron chi connectivity index (χ1n) is 5.02. The third-order valence-electron chi connectivity index (χ3n) is 2.53. The molecule has 1 aromatic rings. The largest absolute Gasteiger partial charge is 0.479 e. The summed E-state index contributed by atoms with van der Waals surface area (Å²) in [6.07, 6.45) is -1.22. The van der Waals surface area contributed by atoms with Crippen molar-refractivity contribution in [3.63, 3.8) is 0 Å². The number of hydrogen-bond donors (Lipinski definition) is 2. The molecular formula is C12H14O4. The van der Waals surface area contributed by atoms with Gasteiger partial charge in [0.25, 0.3) is 0 Å². The Morgan fingerprint density at radius 1 is 1.38 bits per heavy atom. The maximum Gasteiger partial charge on any atom is 0.337 e. The minimum absolute atomic E-state index is 0.0584. The van der Waals surface area contributed by atoms with Gasteiger partial charge in [-0.1, -0.05) is 25.1 Å². The molecule has 2 N–H and O–H groups in total. The van der Waals surface area contributed by atoms with Gasteiger partial charge in [0.2, 0.25) is 0 Å². The Bertz CT molecular complexity index is 423. The van der Waals surface area contributed by atoms with E-state index in [0.29, 0.717) is 17.5 Å². The van der Waals surface area contributed by atoms with Crippen LogP contribution in [0.3, 0.4) is 0 Å². The summed E-state index contributed by atoms with van der Waals surface area (Å²) >= 11 is 0. The number of benzene rings is 1. The van der Waals surface area contributed by atoms with E-state index in [-0.39, 0.29) is 11.3 Å². The number of aliphatic hydroxyl groups excluding tert-OH is 1. The van der Waals surface area contributed by atoms with Gasteiger partial charge in [-0.05, 0) is 18.1 Å². The summed E-state index contributed by atoms with van der Waals surface area (Å²) in [5.74, 6) is -1.37. The Morgan fingerprint density at radius 3 is 2.50 bits per heavy atom. The van der Waals surface area contributed by atoms with E-state index in [4.69, 9.17) is 5.11 Å². The number of ketones is 1.